The van der Waals surface area contributed by atoms with Crippen molar-refractivity contribution in [3.63, 3.8) is 0 Å². The minimum atomic E-state index is 0.945. The lowest BCUT2D eigenvalue weighted by atomic mass is 10.0. The zero-order valence-electron chi connectivity index (χ0n) is 10.5. The maximum absolute atomic E-state index is 5.12. The third-order valence-electron chi connectivity index (χ3n) is 2.88. The van der Waals surface area contributed by atoms with E-state index in [4.69, 9.17) is 4.42 Å². The first-order chi connectivity index (χ1) is 8.31. The van der Waals surface area contributed by atoms with Crippen LogP contribution in [0.25, 0.3) is 11.1 Å². The summed E-state index contributed by atoms with van der Waals surface area (Å²) in [5.41, 5.74) is 5.03. The molecule has 0 bridgehead atoms. The molecule has 0 spiro atoms. The normalized spacial score (nSPS) is 10.7. The van der Waals surface area contributed by atoms with Crippen molar-refractivity contribution < 1.29 is 4.42 Å². The molecule has 0 unspecified atom stereocenters. The Hall–Kier alpha value is -1.54. The standard InChI is InChI=1S/C15H19NO/c1-3-7-16-10-13-4-5-15(12(2)9-13)14-6-8-17-11-14/h4-6,8-9,11,16H,3,7,10H2,1-2H3. The van der Waals surface area contributed by atoms with Crippen molar-refractivity contribution in [1.29, 1.82) is 0 Å². The highest BCUT2D eigenvalue weighted by atomic mass is 16.3. The van der Waals surface area contributed by atoms with Crippen LogP contribution in [-0.2, 0) is 6.54 Å². The third kappa shape index (κ3) is 2.98. The fraction of sp³-hybridized carbons (Fsp3) is 0.333. The van der Waals surface area contributed by atoms with Crippen LogP contribution in [0.15, 0.2) is 41.2 Å². The van der Waals surface area contributed by atoms with Crippen LogP contribution < -0.4 is 5.32 Å². The Morgan fingerprint density at radius 3 is 2.76 bits per heavy atom. The monoisotopic (exact) mass is 229 g/mol. The summed E-state index contributed by atoms with van der Waals surface area (Å²) < 4.78 is 5.12. The zero-order valence-corrected chi connectivity index (χ0v) is 10.5. The van der Waals surface area contributed by atoms with Gasteiger partial charge >= 0.3 is 0 Å². The van der Waals surface area contributed by atoms with Gasteiger partial charge in [0, 0.05) is 12.1 Å². The number of hydrogen-bond donors (Lipinski definition) is 1. The third-order valence-corrected chi connectivity index (χ3v) is 2.88. The van der Waals surface area contributed by atoms with Gasteiger partial charge in [0.05, 0.1) is 12.5 Å². The van der Waals surface area contributed by atoms with Crippen LogP contribution in [0.1, 0.15) is 24.5 Å². The van der Waals surface area contributed by atoms with E-state index < -0.39 is 0 Å². The van der Waals surface area contributed by atoms with Crippen LogP contribution in [0.2, 0.25) is 0 Å². The molecule has 0 radical (unpaired) electrons. The number of nitrogens with one attached hydrogen (secondary N) is 1. The predicted octanol–water partition coefficient (Wildman–Crippen LogP) is 3.75. The SMILES string of the molecule is CCCNCc1ccc(-c2ccoc2)c(C)c1. The van der Waals surface area contributed by atoms with Crippen molar-refractivity contribution in [2.45, 2.75) is 26.8 Å². The minimum Gasteiger partial charge on any atom is -0.472 e. The second-order valence-corrected chi connectivity index (χ2v) is 4.34. The molecule has 1 N–H and O–H groups in total. The second kappa shape index (κ2) is 5.69. The number of aryl methyl sites for hydroxylation is 1. The van der Waals surface area contributed by atoms with Crippen molar-refractivity contribution in [3.05, 3.63) is 47.9 Å². The quantitative estimate of drug-likeness (QED) is 0.790. The summed E-state index contributed by atoms with van der Waals surface area (Å²) in [5.74, 6) is 0. The Labute approximate surface area is 103 Å². The Bertz CT molecular complexity index is 460. The molecule has 17 heavy (non-hydrogen) atoms. The van der Waals surface area contributed by atoms with Crippen LogP contribution in [0.3, 0.4) is 0 Å². The fourth-order valence-corrected chi connectivity index (χ4v) is 1.99. The van der Waals surface area contributed by atoms with Crippen molar-refractivity contribution in [3.8, 4) is 11.1 Å². The van der Waals surface area contributed by atoms with E-state index >= 15 is 0 Å². The lowest BCUT2D eigenvalue weighted by Crippen LogP contribution is -2.13. The average molecular weight is 229 g/mol. The molecule has 0 amide bonds. The number of furan rings is 1. The lowest BCUT2D eigenvalue weighted by molar-refractivity contribution is 0.568. The number of rotatable bonds is 5. The van der Waals surface area contributed by atoms with Crippen LogP contribution in [-0.4, -0.2) is 6.54 Å². The van der Waals surface area contributed by atoms with E-state index in [9.17, 15) is 0 Å². The summed E-state index contributed by atoms with van der Waals surface area (Å²) in [7, 11) is 0. The first-order valence-electron chi connectivity index (χ1n) is 6.14. The molecule has 1 aromatic carbocycles. The Kier molecular flexibility index (Phi) is 3.99. The van der Waals surface area contributed by atoms with E-state index in [1.54, 1.807) is 12.5 Å². The molecular formula is C15H19NO. The molecule has 0 saturated heterocycles. The Balaban J connectivity index is 2.12. The van der Waals surface area contributed by atoms with Gasteiger partial charge in [-0.25, -0.2) is 0 Å². The first kappa shape index (κ1) is 11.9. The van der Waals surface area contributed by atoms with E-state index in [0.29, 0.717) is 0 Å². The van der Waals surface area contributed by atoms with Crippen LogP contribution in [0.5, 0.6) is 0 Å². The molecule has 0 atom stereocenters. The van der Waals surface area contributed by atoms with Gasteiger partial charge in [-0.15, -0.1) is 0 Å². The average Bonchev–Trinajstić information content (AvgIpc) is 2.83. The molecule has 1 heterocycles. The van der Waals surface area contributed by atoms with Crippen molar-refractivity contribution in [2.75, 3.05) is 6.54 Å². The van der Waals surface area contributed by atoms with E-state index in [0.717, 1.165) is 18.7 Å². The molecule has 0 fully saturated rings. The van der Waals surface area contributed by atoms with E-state index in [1.807, 2.05) is 6.07 Å². The van der Waals surface area contributed by atoms with Gasteiger partial charge in [-0.05, 0) is 42.6 Å². The van der Waals surface area contributed by atoms with Gasteiger partial charge in [0.1, 0.15) is 0 Å². The molecule has 0 aliphatic rings. The second-order valence-electron chi connectivity index (χ2n) is 4.34. The van der Waals surface area contributed by atoms with Crippen LogP contribution >= 0.6 is 0 Å². The highest BCUT2D eigenvalue weighted by Crippen LogP contribution is 2.24. The van der Waals surface area contributed by atoms with Crippen molar-refractivity contribution >= 4 is 0 Å². The van der Waals surface area contributed by atoms with E-state index in [2.05, 4.69) is 37.4 Å². The lowest BCUT2D eigenvalue weighted by Gasteiger charge is -2.08. The predicted molar refractivity (Wildman–Crippen MR) is 70.9 cm³/mol. The molecule has 0 aliphatic heterocycles. The van der Waals surface area contributed by atoms with Gasteiger partial charge in [-0.1, -0.05) is 25.1 Å². The van der Waals surface area contributed by atoms with Crippen molar-refractivity contribution in [2.24, 2.45) is 0 Å². The fourth-order valence-electron chi connectivity index (χ4n) is 1.99. The van der Waals surface area contributed by atoms with Crippen LogP contribution in [0.4, 0.5) is 0 Å². The van der Waals surface area contributed by atoms with E-state index in [-0.39, 0.29) is 0 Å². The Morgan fingerprint density at radius 1 is 1.24 bits per heavy atom. The summed E-state index contributed by atoms with van der Waals surface area (Å²) in [6, 6.07) is 8.59. The molecule has 90 valence electrons. The summed E-state index contributed by atoms with van der Waals surface area (Å²) >= 11 is 0. The molecule has 2 heteroatoms. The number of benzene rings is 1. The molecule has 2 nitrogen and oxygen atoms in total. The Morgan fingerprint density at radius 2 is 2.12 bits per heavy atom. The zero-order chi connectivity index (χ0) is 12.1. The van der Waals surface area contributed by atoms with Crippen LogP contribution in [0, 0.1) is 6.92 Å². The molecular weight excluding hydrogens is 210 g/mol. The van der Waals surface area contributed by atoms with Gasteiger partial charge in [0.25, 0.3) is 0 Å². The smallest absolute Gasteiger partial charge is 0.0981 e. The van der Waals surface area contributed by atoms with Gasteiger partial charge in [0.2, 0.25) is 0 Å². The summed E-state index contributed by atoms with van der Waals surface area (Å²) in [6.45, 7) is 6.34. The highest BCUT2D eigenvalue weighted by Gasteiger charge is 2.03. The maximum atomic E-state index is 5.12. The first-order valence-corrected chi connectivity index (χ1v) is 6.14. The largest absolute Gasteiger partial charge is 0.472 e. The van der Waals surface area contributed by atoms with Gasteiger partial charge < -0.3 is 9.73 Å². The molecule has 0 saturated carbocycles. The van der Waals surface area contributed by atoms with Gasteiger partial charge in [0.15, 0.2) is 0 Å². The summed E-state index contributed by atoms with van der Waals surface area (Å²) in [4.78, 5) is 0. The topological polar surface area (TPSA) is 25.2 Å². The summed E-state index contributed by atoms with van der Waals surface area (Å²) in [6.07, 6.45) is 4.68. The van der Waals surface area contributed by atoms with Gasteiger partial charge in [-0.3, -0.25) is 0 Å². The minimum absolute atomic E-state index is 0.945. The molecule has 0 aliphatic carbocycles. The van der Waals surface area contributed by atoms with Gasteiger partial charge in [-0.2, -0.15) is 0 Å². The van der Waals surface area contributed by atoms with Crippen molar-refractivity contribution in [1.82, 2.24) is 5.32 Å². The molecule has 2 aromatic rings. The summed E-state index contributed by atoms with van der Waals surface area (Å²) in [5, 5.41) is 3.41. The molecule has 1 aromatic heterocycles. The van der Waals surface area contributed by atoms with E-state index in [1.165, 1.54) is 23.1 Å². The number of hydrogen-bond acceptors (Lipinski definition) is 2. The maximum Gasteiger partial charge on any atom is 0.0981 e. The molecule has 2 rings (SSSR count). The highest BCUT2D eigenvalue weighted by molar-refractivity contribution is 5.66.